The van der Waals surface area contributed by atoms with Crippen molar-refractivity contribution in [3.05, 3.63) is 57.2 Å². The van der Waals surface area contributed by atoms with E-state index in [0.717, 1.165) is 30.5 Å². The predicted molar refractivity (Wildman–Crippen MR) is 95.4 cm³/mol. The number of aryl methyl sites for hydroxylation is 3. The van der Waals surface area contributed by atoms with Gasteiger partial charge in [-0.05, 0) is 39.2 Å². The number of aromatic nitrogens is 3. The van der Waals surface area contributed by atoms with Gasteiger partial charge >= 0.3 is 0 Å². The second-order valence-corrected chi connectivity index (χ2v) is 6.87. The second kappa shape index (κ2) is 6.11. The van der Waals surface area contributed by atoms with E-state index in [2.05, 4.69) is 46.3 Å². The highest BCUT2D eigenvalue weighted by molar-refractivity contribution is 5.81. The molecular weight excluding hydrogens is 316 g/mol. The Morgan fingerprint density at radius 2 is 1.96 bits per heavy atom. The fourth-order valence-electron chi connectivity index (χ4n) is 3.77. The Morgan fingerprint density at radius 1 is 1.20 bits per heavy atom. The molecular formula is C19H22N4O2. The van der Waals surface area contributed by atoms with Crippen LogP contribution in [0.25, 0.3) is 10.9 Å². The van der Waals surface area contributed by atoms with Gasteiger partial charge in [0, 0.05) is 12.6 Å². The molecule has 130 valence electrons. The summed E-state index contributed by atoms with van der Waals surface area (Å²) in [4.78, 5) is 15.0. The van der Waals surface area contributed by atoms with Crippen molar-refractivity contribution in [3.8, 4) is 0 Å². The summed E-state index contributed by atoms with van der Waals surface area (Å²) in [5.41, 5.74) is 3.52. The van der Waals surface area contributed by atoms with Crippen LogP contribution in [0, 0.1) is 20.8 Å². The van der Waals surface area contributed by atoms with E-state index in [4.69, 9.17) is 4.52 Å². The Hall–Kier alpha value is -2.47. The van der Waals surface area contributed by atoms with Crippen LogP contribution in [0.3, 0.4) is 0 Å². The third-order valence-corrected chi connectivity index (χ3v) is 5.07. The predicted octanol–water partition coefficient (Wildman–Crippen LogP) is 3.10. The normalized spacial score (nSPS) is 18.3. The van der Waals surface area contributed by atoms with Crippen molar-refractivity contribution in [1.29, 1.82) is 0 Å². The largest absolute Gasteiger partial charge is 0.360 e. The van der Waals surface area contributed by atoms with Gasteiger partial charge in [0.1, 0.15) is 5.76 Å². The van der Waals surface area contributed by atoms with Gasteiger partial charge in [-0.2, -0.15) is 5.10 Å². The van der Waals surface area contributed by atoms with Gasteiger partial charge in [-0.3, -0.25) is 9.69 Å². The maximum Gasteiger partial charge on any atom is 0.298 e. The van der Waals surface area contributed by atoms with Gasteiger partial charge in [0.15, 0.2) is 5.52 Å². The molecule has 2 aromatic heterocycles. The Balaban J connectivity index is 1.67. The van der Waals surface area contributed by atoms with E-state index in [9.17, 15) is 4.79 Å². The lowest BCUT2D eigenvalue weighted by Gasteiger charge is -2.25. The number of fused-ring (bicyclic) bond motifs is 1. The summed E-state index contributed by atoms with van der Waals surface area (Å²) in [6.45, 7) is 7.23. The zero-order chi connectivity index (χ0) is 17.6. The monoisotopic (exact) mass is 338 g/mol. The summed E-state index contributed by atoms with van der Waals surface area (Å²) < 4.78 is 6.71. The maximum absolute atomic E-state index is 12.7. The van der Waals surface area contributed by atoms with E-state index in [1.807, 2.05) is 13.8 Å². The molecule has 3 heterocycles. The average Bonchev–Trinajstić information content (AvgIpc) is 3.20. The van der Waals surface area contributed by atoms with Crippen LogP contribution in [0.15, 0.2) is 33.6 Å². The van der Waals surface area contributed by atoms with Crippen LogP contribution in [-0.2, 0) is 6.67 Å². The lowest BCUT2D eigenvalue weighted by atomic mass is 10.0. The molecule has 1 aromatic carbocycles. The van der Waals surface area contributed by atoms with Gasteiger partial charge in [0.2, 0.25) is 0 Å². The van der Waals surface area contributed by atoms with E-state index in [0.29, 0.717) is 24.0 Å². The molecule has 0 amide bonds. The summed E-state index contributed by atoms with van der Waals surface area (Å²) in [5.74, 6) is 0.642. The third-order valence-electron chi connectivity index (χ3n) is 5.07. The van der Waals surface area contributed by atoms with E-state index in [-0.39, 0.29) is 5.56 Å². The molecule has 1 aliphatic rings. The van der Waals surface area contributed by atoms with E-state index < -0.39 is 0 Å². The lowest BCUT2D eigenvalue weighted by molar-refractivity contribution is 0.187. The number of benzene rings is 1. The molecule has 0 spiro atoms. The van der Waals surface area contributed by atoms with Crippen molar-refractivity contribution in [2.24, 2.45) is 0 Å². The summed E-state index contributed by atoms with van der Waals surface area (Å²) >= 11 is 0. The molecule has 0 radical (unpaired) electrons. The molecule has 1 fully saturated rings. The fraction of sp³-hybridized carbons (Fsp3) is 0.421. The molecule has 0 unspecified atom stereocenters. The minimum Gasteiger partial charge on any atom is -0.360 e. The first kappa shape index (κ1) is 16.0. The first-order valence-corrected chi connectivity index (χ1v) is 8.69. The molecule has 3 aromatic rings. The summed E-state index contributed by atoms with van der Waals surface area (Å²) in [7, 11) is 0. The van der Waals surface area contributed by atoms with Gasteiger partial charge in [-0.1, -0.05) is 35.0 Å². The second-order valence-electron chi connectivity index (χ2n) is 6.87. The Morgan fingerprint density at radius 3 is 2.72 bits per heavy atom. The van der Waals surface area contributed by atoms with Crippen LogP contribution in [0.5, 0.6) is 0 Å². The van der Waals surface area contributed by atoms with Gasteiger partial charge in [0.25, 0.3) is 5.56 Å². The van der Waals surface area contributed by atoms with E-state index in [1.54, 1.807) is 0 Å². The maximum atomic E-state index is 12.7. The Kier molecular flexibility index (Phi) is 3.92. The Bertz CT molecular complexity index is 971. The number of rotatable bonds is 3. The number of likely N-dealkylation sites (tertiary alicyclic amines) is 1. The number of nitrogens with zero attached hydrogens (tertiary/aromatic N) is 4. The van der Waals surface area contributed by atoms with Crippen LogP contribution in [-0.4, -0.2) is 26.4 Å². The molecule has 1 aliphatic heterocycles. The van der Waals surface area contributed by atoms with Crippen molar-refractivity contribution in [2.45, 2.75) is 46.3 Å². The van der Waals surface area contributed by atoms with E-state index in [1.165, 1.54) is 15.8 Å². The molecule has 0 N–H and O–H groups in total. The number of hydrogen-bond acceptors (Lipinski definition) is 5. The standard InChI is InChI=1S/C19H22N4O2/c1-12-6-8-15(9-7-12)16-5-4-10-22(16)11-23-19(24)18-17(13(2)20-23)14(3)25-21-18/h6-9,16H,4-5,10-11H2,1-3H3/t16-/m0/s1. The highest BCUT2D eigenvalue weighted by atomic mass is 16.5. The van der Waals surface area contributed by atoms with Crippen molar-refractivity contribution < 1.29 is 4.52 Å². The third kappa shape index (κ3) is 2.76. The summed E-state index contributed by atoms with van der Waals surface area (Å²) in [6.07, 6.45) is 2.22. The fourth-order valence-corrected chi connectivity index (χ4v) is 3.77. The first-order chi connectivity index (χ1) is 12.0. The molecule has 0 saturated carbocycles. The van der Waals surface area contributed by atoms with Crippen LogP contribution in [0.2, 0.25) is 0 Å². The summed E-state index contributed by atoms with van der Waals surface area (Å²) in [5, 5.41) is 9.17. The van der Waals surface area contributed by atoms with Gasteiger partial charge in [-0.15, -0.1) is 0 Å². The minimum absolute atomic E-state index is 0.188. The van der Waals surface area contributed by atoms with Crippen LogP contribution in [0.4, 0.5) is 0 Å². The molecule has 1 atom stereocenters. The highest BCUT2D eigenvalue weighted by Gasteiger charge is 2.27. The lowest BCUT2D eigenvalue weighted by Crippen LogP contribution is -2.34. The van der Waals surface area contributed by atoms with Crippen molar-refractivity contribution in [2.75, 3.05) is 6.54 Å². The minimum atomic E-state index is -0.188. The van der Waals surface area contributed by atoms with Crippen molar-refractivity contribution in [1.82, 2.24) is 19.8 Å². The quantitative estimate of drug-likeness (QED) is 0.734. The van der Waals surface area contributed by atoms with Gasteiger partial charge in [0.05, 0.1) is 17.7 Å². The zero-order valence-corrected chi connectivity index (χ0v) is 14.8. The first-order valence-electron chi connectivity index (χ1n) is 8.69. The Labute approximate surface area is 146 Å². The van der Waals surface area contributed by atoms with Crippen molar-refractivity contribution in [3.63, 3.8) is 0 Å². The molecule has 6 heteroatoms. The topological polar surface area (TPSA) is 64.2 Å². The molecule has 4 rings (SSSR count). The van der Waals surface area contributed by atoms with Gasteiger partial charge in [-0.25, -0.2) is 4.68 Å². The van der Waals surface area contributed by atoms with Crippen LogP contribution >= 0.6 is 0 Å². The molecule has 0 bridgehead atoms. The SMILES string of the molecule is Cc1ccc([C@@H]2CCCN2Cn2nc(C)c3c(C)onc3c2=O)cc1. The van der Waals surface area contributed by atoms with Crippen molar-refractivity contribution >= 4 is 10.9 Å². The van der Waals surface area contributed by atoms with Crippen LogP contribution in [0.1, 0.15) is 41.5 Å². The average molecular weight is 338 g/mol. The zero-order valence-electron chi connectivity index (χ0n) is 14.8. The molecule has 0 aliphatic carbocycles. The summed E-state index contributed by atoms with van der Waals surface area (Å²) in [6, 6.07) is 8.98. The van der Waals surface area contributed by atoms with Crippen LogP contribution < -0.4 is 5.56 Å². The molecule has 6 nitrogen and oxygen atoms in total. The number of hydrogen-bond donors (Lipinski definition) is 0. The highest BCUT2D eigenvalue weighted by Crippen LogP contribution is 2.32. The van der Waals surface area contributed by atoms with Gasteiger partial charge < -0.3 is 4.52 Å². The molecule has 1 saturated heterocycles. The van der Waals surface area contributed by atoms with E-state index >= 15 is 0 Å². The molecule has 25 heavy (non-hydrogen) atoms. The smallest absolute Gasteiger partial charge is 0.298 e.